The summed E-state index contributed by atoms with van der Waals surface area (Å²) in [7, 11) is 0. The summed E-state index contributed by atoms with van der Waals surface area (Å²) < 4.78 is 0. The summed E-state index contributed by atoms with van der Waals surface area (Å²) in [6, 6.07) is 7.70. The minimum atomic E-state index is -0.475. The molecule has 2 rings (SSSR count). The summed E-state index contributed by atoms with van der Waals surface area (Å²) in [6.07, 6.45) is 7.06. The fourth-order valence-electron chi connectivity index (χ4n) is 2.80. The summed E-state index contributed by atoms with van der Waals surface area (Å²) in [5, 5.41) is 2.91. The van der Waals surface area contributed by atoms with E-state index in [9.17, 15) is 4.79 Å². The Morgan fingerprint density at radius 3 is 2.85 bits per heavy atom. The Morgan fingerprint density at radius 1 is 1.40 bits per heavy atom. The normalized spacial score (nSPS) is 18.8. The van der Waals surface area contributed by atoms with Crippen molar-refractivity contribution in [2.75, 3.05) is 0 Å². The third kappa shape index (κ3) is 3.10. The molecule has 0 aromatic heterocycles. The minimum absolute atomic E-state index is 0.109. The van der Waals surface area contributed by atoms with Gasteiger partial charge in [0.15, 0.2) is 0 Å². The highest BCUT2D eigenvalue weighted by Crippen LogP contribution is 2.34. The predicted molar refractivity (Wildman–Crippen MR) is 82.4 cm³/mol. The number of hydrogen-bond acceptors (Lipinski definition) is 1. The van der Waals surface area contributed by atoms with Crippen LogP contribution in [0, 0.1) is 0 Å². The van der Waals surface area contributed by atoms with Crippen LogP contribution in [0.25, 0.3) is 0 Å². The summed E-state index contributed by atoms with van der Waals surface area (Å²) in [5.74, 6) is 0. The van der Waals surface area contributed by atoms with Gasteiger partial charge in [-0.3, -0.25) is 0 Å². The molecular weight excluding hydrogens is 248 g/mol. The molecular formula is C17H22N2O. The fourth-order valence-corrected chi connectivity index (χ4v) is 2.80. The number of nitrogens with two attached hydrogens (primary N) is 1. The van der Waals surface area contributed by atoms with E-state index in [0.717, 1.165) is 19.3 Å². The van der Waals surface area contributed by atoms with Crippen LogP contribution >= 0.6 is 0 Å². The highest BCUT2D eigenvalue weighted by atomic mass is 16.2. The average Bonchev–Trinajstić information content (AvgIpc) is 2.55. The number of carbonyl (C=O) groups is 1. The van der Waals surface area contributed by atoms with Gasteiger partial charge in [0.2, 0.25) is 0 Å². The minimum Gasteiger partial charge on any atom is -0.352 e. The third-order valence-electron chi connectivity index (χ3n) is 3.89. The zero-order valence-corrected chi connectivity index (χ0v) is 12.1. The van der Waals surface area contributed by atoms with Crippen molar-refractivity contribution >= 4 is 6.03 Å². The zero-order valence-electron chi connectivity index (χ0n) is 12.1. The quantitative estimate of drug-likeness (QED) is 0.810. The molecule has 2 amide bonds. The predicted octanol–water partition coefficient (Wildman–Crippen LogP) is 3.62. The van der Waals surface area contributed by atoms with Crippen molar-refractivity contribution in [3.05, 3.63) is 58.7 Å². The van der Waals surface area contributed by atoms with Crippen LogP contribution < -0.4 is 11.1 Å². The van der Waals surface area contributed by atoms with E-state index >= 15 is 0 Å². The summed E-state index contributed by atoms with van der Waals surface area (Å²) >= 11 is 0. The lowest BCUT2D eigenvalue weighted by Crippen LogP contribution is -2.34. The molecule has 3 N–H and O–H groups in total. The van der Waals surface area contributed by atoms with E-state index in [1.807, 2.05) is 25.1 Å². The van der Waals surface area contributed by atoms with Crippen LogP contribution in [0.4, 0.5) is 4.79 Å². The summed E-state index contributed by atoms with van der Waals surface area (Å²) in [4.78, 5) is 11.4. The molecule has 0 saturated carbocycles. The lowest BCUT2D eigenvalue weighted by Gasteiger charge is -2.22. The van der Waals surface area contributed by atoms with Crippen molar-refractivity contribution in [1.29, 1.82) is 0 Å². The molecule has 0 bridgehead atoms. The SMILES string of the molecule is C/C=C\CC1=C(C)CCc2ccccc2C1NC(N)=O. The zero-order chi connectivity index (χ0) is 14.5. The highest BCUT2D eigenvalue weighted by Gasteiger charge is 2.24. The molecule has 0 fully saturated rings. The van der Waals surface area contributed by atoms with Crippen molar-refractivity contribution in [2.24, 2.45) is 5.73 Å². The van der Waals surface area contributed by atoms with Crippen molar-refractivity contribution in [3.8, 4) is 0 Å². The van der Waals surface area contributed by atoms with Crippen LogP contribution in [0.15, 0.2) is 47.6 Å². The molecule has 3 nitrogen and oxygen atoms in total. The number of benzene rings is 1. The Kier molecular flexibility index (Phi) is 4.61. The van der Waals surface area contributed by atoms with E-state index in [1.54, 1.807) is 0 Å². The molecule has 3 heteroatoms. The first-order chi connectivity index (χ1) is 9.63. The second-order valence-electron chi connectivity index (χ2n) is 5.22. The van der Waals surface area contributed by atoms with Crippen LogP contribution in [0.3, 0.4) is 0 Å². The van der Waals surface area contributed by atoms with E-state index in [1.165, 1.54) is 22.3 Å². The van der Waals surface area contributed by atoms with Gasteiger partial charge in [0.1, 0.15) is 0 Å². The van der Waals surface area contributed by atoms with Crippen LogP contribution in [0.1, 0.15) is 43.9 Å². The van der Waals surface area contributed by atoms with Gasteiger partial charge in [-0.05, 0) is 49.8 Å². The Balaban J connectivity index is 2.47. The standard InChI is InChI=1S/C17H22N2O/c1-3-4-8-14-12(2)10-11-13-7-5-6-9-15(13)16(14)19-17(18)20/h3-7,9,16H,8,10-11H2,1-2H3,(H3,18,19,20)/b4-3-. The largest absolute Gasteiger partial charge is 0.352 e. The number of fused-ring (bicyclic) bond motifs is 1. The number of hydrogen-bond donors (Lipinski definition) is 2. The summed E-state index contributed by atoms with van der Waals surface area (Å²) in [6.45, 7) is 4.16. The molecule has 1 aromatic carbocycles. The van der Waals surface area contributed by atoms with Crippen molar-refractivity contribution in [3.63, 3.8) is 0 Å². The monoisotopic (exact) mass is 270 g/mol. The van der Waals surface area contributed by atoms with Crippen LogP contribution in [-0.2, 0) is 6.42 Å². The van der Waals surface area contributed by atoms with Crippen molar-refractivity contribution in [2.45, 2.75) is 39.2 Å². The Hall–Kier alpha value is -2.03. The van der Waals surface area contributed by atoms with Crippen molar-refractivity contribution in [1.82, 2.24) is 5.32 Å². The van der Waals surface area contributed by atoms with Gasteiger partial charge >= 0.3 is 6.03 Å². The van der Waals surface area contributed by atoms with E-state index < -0.39 is 6.03 Å². The van der Waals surface area contributed by atoms with Gasteiger partial charge in [-0.1, -0.05) is 42.0 Å². The Labute approximate surface area is 120 Å². The molecule has 0 spiro atoms. The number of primary amides is 1. The topological polar surface area (TPSA) is 55.1 Å². The van der Waals surface area contributed by atoms with Crippen LogP contribution in [-0.4, -0.2) is 6.03 Å². The molecule has 1 aliphatic carbocycles. The van der Waals surface area contributed by atoms with Gasteiger partial charge in [-0.25, -0.2) is 4.79 Å². The Bertz CT molecular complexity index is 558. The molecule has 1 unspecified atom stereocenters. The number of carbonyl (C=O) groups excluding carboxylic acids is 1. The maximum absolute atomic E-state index is 11.4. The highest BCUT2D eigenvalue weighted by molar-refractivity contribution is 5.73. The molecule has 20 heavy (non-hydrogen) atoms. The fraction of sp³-hybridized carbons (Fsp3) is 0.353. The molecule has 1 aromatic rings. The first-order valence-corrected chi connectivity index (χ1v) is 7.07. The first-order valence-electron chi connectivity index (χ1n) is 7.07. The van der Waals surface area contributed by atoms with Gasteiger partial charge < -0.3 is 11.1 Å². The maximum atomic E-state index is 11.4. The van der Waals surface area contributed by atoms with Gasteiger partial charge in [0.25, 0.3) is 0 Å². The van der Waals surface area contributed by atoms with Gasteiger partial charge in [-0.15, -0.1) is 0 Å². The van der Waals surface area contributed by atoms with Crippen LogP contribution in [0.2, 0.25) is 0 Å². The molecule has 0 heterocycles. The first kappa shape index (κ1) is 14.4. The lowest BCUT2D eigenvalue weighted by atomic mass is 9.92. The number of rotatable bonds is 3. The molecule has 1 aliphatic rings. The number of urea groups is 1. The van der Waals surface area contributed by atoms with Crippen molar-refractivity contribution < 1.29 is 4.79 Å². The third-order valence-corrected chi connectivity index (χ3v) is 3.89. The number of aryl methyl sites for hydroxylation is 1. The van der Waals surface area contributed by atoms with Crippen LogP contribution in [0.5, 0.6) is 0 Å². The van der Waals surface area contributed by atoms with E-state index in [4.69, 9.17) is 5.73 Å². The second-order valence-corrected chi connectivity index (χ2v) is 5.22. The number of amides is 2. The lowest BCUT2D eigenvalue weighted by molar-refractivity contribution is 0.246. The second kappa shape index (κ2) is 6.42. The van der Waals surface area contributed by atoms with Gasteiger partial charge in [-0.2, -0.15) is 0 Å². The Morgan fingerprint density at radius 2 is 2.15 bits per heavy atom. The summed E-state index contributed by atoms with van der Waals surface area (Å²) in [5.41, 5.74) is 10.4. The molecule has 0 saturated heterocycles. The maximum Gasteiger partial charge on any atom is 0.312 e. The number of nitrogens with one attached hydrogen (secondary N) is 1. The smallest absolute Gasteiger partial charge is 0.312 e. The van der Waals surface area contributed by atoms with Gasteiger partial charge in [0, 0.05) is 0 Å². The molecule has 1 atom stereocenters. The average molecular weight is 270 g/mol. The molecule has 0 aliphatic heterocycles. The molecule has 0 radical (unpaired) electrons. The van der Waals surface area contributed by atoms with E-state index in [2.05, 4.69) is 30.4 Å². The van der Waals surface area contributed by atoms with Gasteiger partial charge in [0.05, 0.1) is 6.04 Å². The van der Waals surface area contributed by atoms with E-state index in [-0.39, 0.29) is 6.04 Å². The number of allylic oxidation sites excluding steroid dienone is 3. The van der Waals surface area contributed by atoms with E-state index in [0.29, 0.717) is 0 Å². The molecule has 106 valence electrons.